The van der Waals surface area contributed by atoms with Crippen LogP contribution in [0.1, 0.15) is 5.69 Å². The number of aromatic amines is 1. The van der Waals surface area contributed by atoms with E-state index in [1.54, 1.807) is 30.8 Å². The zero-order valence-corrected chi connectivity index (χ0v) is 10.5. The van der Waals surface area contributed by atoms with Crippen LogP contribution in [0.3, 0.4) is 0 Å². The Kier molecular flexibility index (Phi) is 3.03. The van der Waals surface area contributed by atoms with E-state index in [2.05, 4.69) is 20.3 Å². The third-order valence-electron chi connectivity index (χ3n) is 2.39. The first-order chi connectivity index (χ1) is 9.34. The van der Waals surface area contributed by atoms with Crippen molar-refractivity contribution in [2.75, 3.05) is 0 Å². The van der Waals surface area contributed by atoms with Crippen molar-refractivity contribution in [1.82, 2.24) is 19.9 Å². The predicted molar refractivity (Wildman–Crippen MR) is 72.3 cm³/mol. The number of nitrogens with one attached hydrogen (secondary N) is 1. The van der Waals surface area contributed by atoms with E-state index in [4.69, 9.17) is 16.6 Å². The van der Waals surface area contributed by atoms with Crippen molar-refractivity contribution in [2.24, 2.45) is 5.10 Å². The minimum absolute atomic E-state index is 0.388. The van der Waals surface area contributed by atoms with Crippen molar-refractivity contribution in [3.63, 3.8) is 0 Å². The highest BCUT2D eigenvalue weighted by Crippen LogP contribution is 2.17. The van der Waals surface area contributed by atoms with Crippen molar-refractivity contribution >= 4 is 18.4 Å². The van der Waals surface area contributed by atoms with Gasteiger partial charge in [-0.25, -0.2) is 5.10 Å². The van der Waals surface area contributed by atoms with E-state index in [0.29, 0.717) is 16.4 Å². The molecule has 0 fully saturated rings. The highest BCUT2D eigenvalue weighted by atomic mass is 32.1. The van der Waals surface area contributed by atoms with Crippen molar-refractivity contribution in [1.29, 1.82) is 0 Å². The summed E-state index contributed by atoms with van der Waals surface area (Å²) in [6, 6.07) is 9.14. The number of furan rings is 1. The van der Waals surface area contributed by atoms with Gasteiger partial charge in [0.15, 0.2) is 5.76 Å². The molecule has 7 heteroatoms. The molecule has 0 unspecified atom stereocenters. The maximum Gasteiger partial charge on any atom is 0.219 e. The van der Waals surface area contributed by atoms with E-state index >= 15 is 0 Å². The van der Waals surface area contributed by atoms with Crippen LogP contribution in [0, 0.1) is 4.77 Å². The van der Waals surface area contributed by atoms with Crippen molar-refractivity contribution < 1.29 is 4.42 Å². The largest absolute Gasteiger partial charge is 0.461 e. The molecule has 0 saturated heterocycles. The fourth-order valence-corrected chi connectivity index (χ4v) is 1.71. The quantitative estimate of drug-likeness (QED) is 0.586. The van der Waals surface area contributed by atoms with Gasteiger partial charge >= 0.3 is 0 Å². The fourth-order valence-electron chi connectivity index (χ4n) is 1.53. The molecule has 6 nitrogen and oxygen atoms in total. The average molecular weight is 271 g/mol. The first-order valence-electron chi connectivity index (χ1n) is 5.51. The van der Waals surface area contributed by atoms with Gasteiger partial charge in [-0.15, -0.1) is 5.10 Å². The number of hydrogen-bond acceptors (Lipinski definition) is 5. The summed E-state index contributed by atoms with van der Waals surface area (Å²) in [5, 5.41) is 11.0. The summed E-state index contributed by atoms with van der Waals surface area (Å²) in [5.41, 5.74) is 0.732. The normalized spacial score (nSPS) is 11.2. The molecule has 0 spiro atoms. The molecular weight excluding hydrogens is 262 g/mol. The van der Waals surface area contributed by atoms with Gasteiger partial charge < -0.3 is 4.42 Å². The molecule has 0 saturated carbocycles. The minimum atomic E-state index is 0.388. The van der Waals surface area contributed by atoms with Crippen molar-refractivity contribution in [3.05, 3.63) is 53.3 Å². The lowest BCUT2D eigenvalue weighted by atomic mass is 10.4. The maximum atomic E-state index is 5.29. The summed E-state index contributed by atoms with van der Waals surface area (Å²) in [6.07, 6.45) is 4.88. The lowest BCUT2D eigenvalue weighted by Gasteiger charge is -1.96. The van der Waals surface area contributed by atoms with Crippen molar-refractivity contribution in [2.45, 2.75) is 0 Å². The third-order valence-corrected chi connectivity index (χ3v) is 2.65. The lowest BCUT2D eigenvalue weighted by Crippen LogP contribution is -1.95. The molecule has 0 radical (unpaired) electrons. The van der Waals surface area contributed by atoms with Crippen LogP contribution in [0.4, 0.5) is 0 Å². The van der Waals surface area contributed by atoms with Crippen LogP contribution >= 0.6 is 12.2 Å². The minimum Gasteiger partial charge on any atom is -0.461 e. The highest BCUT2D eigenvalue weighted by Gasteiger charge is 2.10. The molecule has 0 aliphatic carbocycles. The van der Waals surface area contributed by atoms with Crippen LogP contribution in [0.15, 0.2) is 52.3 Å². The summed E-state index contributed by atoms with van der Waals surface area (Å²) in [7, 11) is 0. The molecule has 0 bridgehead atoms. The molecule has 3 aromatic heterocycles. The predicted octanol–water partition coefficient (Wildman–Crippen LogP) is 2.48. The van der Waals surface area contributed by atoms with Gasteiger partial charge in [-0.05, 0) is 36.5 Å². The van der Waals surface area contributed by atoms with Crippen LogP contribution in [0.2, 0.25) is 0 Å². The molecule has 3 aromatic rings. The summed E-state index contributed by atoms with van der Waals surface area (Å²) in [5.74, 6) is 1.10. The number of nitrogens with zero attached hydrogens (tertiary/aromatic N) is 4. The summed E-state index contributed by atoms with van der Waals surface area (Å²) < 4.78 is 7.16. The number of rotatable bonds is 3. The molecule has 19 heavy (non-hydrogen) atoms. The molecule has 3 heterocycles. The number of pyridine rings is 1. The molecule has 0 aromatic carbocycles. The second-order valence-electron chi connectivity index (χ2n) is 3.64. The average Bonchev–Trinajstić information content (AvgIpc) is 3.07. The van der Waals surface area contributed by atoms with Crippen LogP contribution in [0.25, 0.3) is 11.6 Å². The first-order valence-corrected chi connectivity index (χ1v) is 5.92. The van der Waals surface area contributed by atoms with E-state index in [0.717, 1.165) is 5.69 Å². The zero-order valence-electron chi connectivity index (χ0n) is 9.72. The number of hydrogen-bond donors (Lipinski definition) is 1. The second-order valence-corrected chi connectivity index (χ2v) is 4.03. The molecule has 0 atom stereocenters. The van der Waals surface area contributed by atoms with E-state index < -0.39 is 0 Å². The van der Waals surface area contributed by atoms with Gasteiger partial charge in [0.05, 0.1) is 18.2 Å². The van der Waals surface area contributed by atoms with E-state index in [9.17, 15) is 0 Å². The first kappa shape index (κ1) is 11.5. The zero-order chi connectivity index (χ0) is 13.1. The van der Waals surface area contributed by atoms with Crippen LogP contribution in [-0.4, -0.2) is 26.1 Å². The Morgan fingerprint density at radius 3 is 3.00 bits per heavy atom. The van der Waals surface area contributed by atoms with Crippen LogP contribution < -0.4 is 0 Å². The molecule has 0 amide bonds. The van der Waals surface area contributed by atoms with Crippen molar-refractivity contribution in [3.8, 4) is 11.6 Å². The summed E-state index contributed by atoms with van der Waals surface area (Å²) >= 11 is 5.13. The van der Waals surface area contributed by atoms with Gasteiger partial charge in [0.1, 0.15) is 0 Å². The lowest BCUT2D eigenvalue weighted by molar-refractivity contribution is 0.573. The molecule has 0 aliphatic rings. The Balaban J connectivity index is 2.00. The third kappa shape index (κ3) is 2.36. The van der Waals surface area contributed by atoms with Gasteiger partial charge in [-0.1, -0.05) is 6.07 Å². The Labute approximate surface area is 113 Å². The van der Waals surface area contributed by atoms with Gasteiger partial charge in [-0.3, -0.25) is 4.98 Å². The fraction of sp³-hybridized carbons (Fsp3) is 0. The van der Waals surface area contributed by atoms with Gasteiger partial charge in [-0.2, -0.15) is 9.78 Å². The van der Waals surface area contributed by atoms with Crippen LogP contribution in [0.5, 0.6) is 0 Å². The van der Waals surface area contributed by atoms with Gasteiger partial charge in [0.2, 0.25) is 10.6 Å². The number of aromatic nitrogens is 4. The standard InChI is InChI=1S/C12H9N5OS/c19-12-16-15-11(10-5-3-7-18-10)17(12)14-8-9-4-1-2-6-13-9/h1-8H,(H,16,19)/b14-8-. The SMILES string of the molecule is S=c1[nH]nc(-c2ccco2)n1/N=C\c1ccccn1. The molecule has 0 aliphatic heterocycles. The Morgan fingerprint density at radius 1 is 1.32 bits per heavy atom. The van der Waals surface area contributed by atoms with E-state index in [-0.39, 0.29) is 0 Å². The molecular formula is C12H9N5OS. The van der Waals surface area contributed by atoms with E-state index in [1.807, 2.05) is 18.2 Å². The molecule has 94 valence electrons. The Morgan fingerprint density at radius 2 is 2.26 bits per heavy atom. The monoisotopic (exact) mass is 271 g/mol. The second kappa shape index (κ2) is 4.99. The maximum absolute atomic E-state index is 5.29. The highest BCUT2D eigenvalue weighted by molar-refractivity contribution is 7.71. The van der Waals surface area contributed by atoms with Crippen LogP contribution in [-0.2, 0) is 0 Å². The topological polar surface area (TPSA) is 72.0 Å². The molecule has 3 rings (SSSR count). The van der Waals surface area contributed by atoms with Gasteiger partial charge in [0, 0.05) is 6.20 Å². The Bertz CT molecular complexity index is 742. The molecule has 1 N–H and O–H groups in total. The summed E-state index contributed by atoms with van der Waals surface area (Å²) in [6.45, 7) is 0. The van der Waals surface area contributed by atoms with E-state index in [1.165, 1.54) is 4.68 Å². The smallest absolute Gasteiger partial charge is 0.219 e. The summed E-state index contributed by atoms with van der Waals surface area (Å²) in [4.78, 5) is 4.15. The Hall–Kier alpha value is -2.54. The van der Waals surface area contributed by atoms with Gasteiger partial charge in [0.25, 0.3) is 0 Å². The number of H-pyrrole nitrogens is 1.